The van der Waals surface area contributed by atoms with Crippen LogP contribution in [0.3, 0.4) is 0 Å². The first-order chi connectivity index (χ1) is 9.97. The van der Waals surface area contributed by atoms with Gasteiger partial charge in [-0.15, -0.1) is 0 Å². The molecule has 0 fully saturated rings. The predicted octanol–water partition coefficient (Wildman–Crippen LogP) is 3.29. The maximum absolute atomic E-state index is 12.0. The molecule has 2 rings (SSSR count). The van der Waals surface area contributed by atoms with E-state index in [1.165, 1.54) is 0 Å². The summed E-state index contributed by atoms with van der Waals surface area (Å²) in [5.74, 6) is 0.175. The van der Waals surface area contributed by atoms with Crippen molar-refractivity contribution in [3.05, 3.63) is 53.6 Å². The van der Waals surface area contributed by atoms with Crippen molar-refractivity contribution in [1.82, 2.24) is 5.43 Å². The predicted molar refractivity (Wildman–Crippen MR) is 87.1 cm³/mol. The van der Waals surface area contributed by atoms with Gasteiger partial charge in [-0.1, -0.05) is 18.2 Å². The lowest BCUT2D eigenvalue weighted by Gasteiger charge is -2.22. The number of allylic oxidation sites excluding steroid dienone is 3. The molecule has 0 aliphatic heterocycles. The number of nitrogens with zero attached hydrogens (tertiary/aromatic N) is 1. The molecule has 0 bridgehead atoms. The number of carbonyl (C=O) groups is 1. The van der Waals surface area contributed by atoms with Crippen LogP contribution in [-0.2, 0) is 0 Å². The van der Waals surface area contributed by atoms with Crippen molar-refractivity contribution in [3.8, 4) is 0 Å². The molecule has 0 saturated heterocycles. The molecule has 0 spiro atoms. The SMILES string of the molecule is C=C(C)C1CC=C(C)/C(=N/NC(=O)c2ccc(N)cc2)C1. The first kappa shape index (κ1) is 15.0. The van der Waals surface area contributed by atoms with Gasteiger partial charge >= 0.3 is 0 Å². The molecule has 0 aromatic heterocycles. The summed E-state index contributed by atoms with van der Waals surface area (Å²) in [4.78, 5) is 12.0. The molecule has 110 valence electrons. The van der Waals surface area contributed by atoms with Crippen molar-refractivity contribution in [2.75, 3.05) is 5.73 Å². The maximum atomic E-state index is 12.0. The van der Waals surface area contributed by atoms with Crippen LogP contribution in [0.1, 0.15) is 37.0 Å². The zero-order valence-electron chi connectivity index (χ0n) is 12.5. The fourth-order valence-corrected chi connectivity index (χ4v) is 2.24. The van der Waals surface area contributed by atoms with Gasteiger partial charge < -0.3 is 5.73 Å². The minimum atomic E-state index is -0.229. The molecule has 1 atom stereocenters. The van der Waals surface area contributed by atoms with E-state index in [2.05, 4.69) is 23.2 Å². The Morgan fingerprint density at radius 3 is 2.67 bits per heavy atom. The van der Waals surface area contributed by atoms with Gasteiger partial charge in [-0.25, -0.2) is 5.43 Å². The second-order valence-electron chi connectivity index (χ2n) is 5.49. The molecular weight excluding hydrogens is 262 g/mol. The van der Waals surface area contributed by atoms with E-state index in [0.29, 0.717) is 17.2 Å². The topological polar surface area (TPSA) is 67.5 Å². The first-order valence-corrected chi connectivity index (χ1v) is 7.02. The van der Waals surface area contributed by atoms with Gasteiger partial charge in [0.05, 0.1) is 5.71 Å². The Kier molecular flexibility index (Phi) is 4.58. The summed E-state index contributed by atoms with van der Waals surface area (Å²) >= 11 is 0. The van der Waals surface area contributed by atoms with Crippen LogP contribution in [0.15, 0.2) is 53.2 Å². The van der Waals surface area contributed by atoms with E-state index in [4.69, 9.17) is 5.73 Å². The highest BCUT2D eigenvalue weighted by Crippen LogP contribution is 2.26. The third-order valence-electron chi connectivity index (χ3n) is 3.77. The van der Waals surface area contributed by atoms with Crippen molar-refractivity contribution >= 4 is 17.3 Å². The van der Waals surface area contributed by atoms with Gasteiger partial charge in [0.2, 0.25) is 0 Å². The molecule has 0 saturated carbocycles. The van der Waals surface area contributed by atoms with Crippen LogP contribution in [0.4, 0.5) is 5.69 Å². The molecule has 1 aromatic carbocycles. The number of hydrogen-bond donors (Lipinski definition) is 2. The third-order valence-corrected chi connectivity index (χ3v) is 3.77. The Morgan fingerprint density at radius 2 is 2.05 bits per heavy atom. The summed E-state index contributed by atoms with van der Waals surface area (Å²) in [5, 5.41) is 4.27. The number of nitrogens with one attached hydrogen (secondary N) is 1. The summed E-state index contributed by atoms with van der Waals surface area (Å²) < 4.78 is 0. The highest BCUT2D eigenvalue weighted by atomic mass is 16.2. The number of nitrogens with two attached hydrogens (primary N) is 1. The van der Waals surface area contributed by atoms with Crippen molar-refractivity contribution in [1.29, 1.82) is 0 Å². The van der Waals surface area contributed by atoms with E-state index in [1.54, 1.807) is 24.3 Å². The molecule has 1 aliphatic rings. The van der Waals surface area contributed by atoms with E-state index in [0.717, 1.165) is 29.7 Å². The van der Waals surface area contributed by atoms with Gasteiger partial charge in [-0.2, -0.15) is 5.10 Å². The lowest BCUT2D eigenvalue weighted by molar-refractivity contribution is 0.0954. The van der Waals surface area contributed by atoms with Crippen LogP contribution in [0.5, 0.6) is 0 Å². The number of benzene rings is 1. The molecule has 1 aromatic rings. The smallest absolute Gasteiger partial charge is 0.271 e. The van der Waals surface area contributed by atoms with E-state index < -0.39 is 0 Å². The Labute approximate surface area is 125 Å². The number of amides is 1. The van der Waals surface area contributed by atoms with Gasteiger partial charge in [-0.3, -0.25) is 4.79 Å². The quantitative estimate of drug-likeness (QED) is 0.508. The van der Waals surface area contributed by atoms with Gasteiger partial charge in [0.1, 0.15) is 0 Å². The Hall–Kier alpha value is -2.36. The van der Waals surface area contributed by atoms with Crippen molar-refractivity contribution < 1.29 is 4.79 Å². The summed E-state index contributed by atoms with van der Waals surface area (Å²) in [6, 6.07) is 6.77. The zero-order valence-corrected chi connectivity index (χ0v) is 12.5. The molecule has 4 nitrogen and oxygen atoms in total. The Morgan fingerprint density at radius 1 is 1.38 bits per heavy atom. The minimum absolute atomic E-state index is 0.229. The molecule has 1 amide bonds. The number of rotatable bonds is 3. The van der Waals surface area contributed by atoms with Crippen molar-refractivity contribution in [2.24, 2.45) is 11.0 Å². The van der Waals surface area contributed by atoms with Gasteiger partial charge in [0.15, 0.2) is 0 Å². The average Bonchev–Trinajstić information content (AvgIpc) is 2.46. The van der Waals surface area contributed by atoms with Gasteiger partial charge in [-0.05, 0) is 62.4 Å². The first-order valence-electron chi connectivity index (χ1n) is 7.02. The van der Waals surface area contributed by atoms with E-state index in [1.807, 2.05) is 13.8 Å². The van der Waals surface area contributed by atoms with E-state index in [9.17, 15) is 4.79 Å². The normalized spacial score (nSPS) is 20.0. The lowest BCUT2D eigenvalue weighted by Crippen LogP contribution is -2.23. The largest absolute Gasteiger partial charge is 0.399 e. The lowest BCUT2D eigenvalue weighted by atomic mass is 9.85. The maximum Gasteiger partial charge on any atom is 0.271 e. The molecule has 0 heterocycles. The second-order valence-corrected chi connectivity index (χ2v) is 5.49. The molecule has 1 aliphatic carbocycles. The van der Waals surface area contributed by atoms with Crippen molar-refractivity contribution in [2.45, 2.75) is 26.7 Å². The van der Waals surface area contributed by atoms with Crippen LogP contribution in [0.25, 0.3) is 0 Å². The summed E-state index contributed by atoms with van der Waals surface area (Å²) in [5.41, 5.74) is 12.6. The summed E-state index contributed by atoms with van der Waals surface area (Å²) in [7, 11) is 0. The number of hydrogen-bond acceptors (Lipinski definition) is 3. The molecule has 4 heteroatoms. The fraction of sp³-hybridized carbons (Fsp3) is 0.294. The van der Waals surface area contributed by atoms with Crippen LogP contribution >= 0.6 is 0 Å². The average molecular weight is 283 g/mol. The summed E-state index contributed by atoms with van der Waals surface area (Å²) in [6.07, 6.45) is 3.96. The van der Waals surface area contributed by atoms with Gasteiger partial charge in [0, 0.05) is 11.3 Å². The van der Waals surface area contributed by atoms with Crippen LogP contribution in [-0.4, -0.2) is 11.6 Å². The Balaban J connectivity index is 2.07. The minimum Gasteiger partial charge on any atom is -0.399 e. The molecule has 21 heavy (non-hydrogen) atoms. The second kappa shape index (κ2) is 6.39. The summed E-state index contributed by atoms with van der Waals surface area (Å²) in [6.45, 7) is 8.05. The number of nitrogen functional groups attached to an aromatic ring is 1. The molecule has 3 N–H and O–H groups in total. The Bertz CT molecular complexity index is 611. The standard InChI is InChI=1S/C17H21N3O/c1-11(2)14-5-4-12(3)16(10-14)19-20-17(21)13-6-8-15(18)9-7-13/h4,6-9,14H,1,5,10,18H2,2-3H3,(H,20,21)/b19-16+. The van der Waals surface area contributed by atoms with E-state index >= 15 is 0 Å². The highest BCUT2D eigenvalue weighted by Gasteiger charge is 2.18. The number of anilines is 1. The zero-order chi connectivity index (χ0) is 15.4. The van der Waals surface area contributed by atoms with E-state index in [-0.39, 0.29) is 5.91 Å². The number of hydrazone groups is 1. The molecule has 0 radical (unpaired) electrons. The van der Waals surface area contributed by atoms with Crippen LogP contribution < -0.4 is 11.2 Å². The molecule has 1 unspecified atom stereocenters. The third kappa shape index (κ3) is 3.81. The van der Waals surface area contributed by atoms with Crippen LogP contribution in [0, 0.1) is 5.92 Å². The number of carbonyl (C=O) groups excluding carboxylic acids is 1. The molecular formula is C17H21N3O. The van der Waals surface area contributed by atoms with Crippen molar-refractivity contribution in [3.63, 3.8) is 0 Å². The van der Waals surface area contributed by atoms with Gasteiger partial charge in [0.25, 0.3) is 5.91 Å². The monoisotopic (exact) mass is 283 g/mol. The van der Waals surface area contributed by atoms with Crippen LogP contribution in [0.2, 0.25) is 0 Å². The highest BCUT2D eigenvalue weighted by molar-refractivity contribution is 6.02. The fourth-order valence-electron chi connectivity index (χ4n) is 2.24.